The topological polar surface area (TPSA) is 38.5 Å². The highest BCUT2D eigenvalue weighted by Crippen LogP contribution is 2.18. The number of nitrogens with two attached hydrogens (primary N) is 1. The second kappa shape index (κ2) is 6.51. The van der Waals surface area contributed by atoms with Gasteiger partial charge in [0.1, 0.15) is 5.75 Å². The minimum Gasteiger partial charge on any atom is -0.497 e. The van der Waals surface area contributed by atoms with Gasteiger partial charge in [0.25, 0.3) is 0 Å². The Balaban J connectivity index is 2.82. The first-order chi connectivity index (χ1) is 7.65. The van der Waals surface area contributed by atoms with E-state index in [1.54, 1.807) is 7.11 Å². The Kier molecular flexibility index (Phi) is 5.29. The first kappa shape index (κ1) is 13.0. The summed E-state index contributed by atoms with van der Waals surface area (Å²) >= 11 is 0. The number of hydrogen-bond acceptors (Lipinski definition) is 3. The lowest BCUT2D eigenvalue weighted by molar-refractivity contribution is 0.395. The normalized spacial score (nSPS) is 10.8. The van der Waals surface area contributed by atoms with Crippen LogP contribution in [0.3, 0.4) is 0 Å². The summed E-state index contributed by atoms with van der Waals surface area (Å²) < 4.78 is 5.31. The zero-order chi connectivity index (χ0) is 12.0. The minimum absolute atomic E-state index is 0.736. The van der Waals surface area contributed by atoms with Gasteiger partial charge < -0.3 is 15.4 Å². The Morgan fingerprint density at radius 2 is 1.88 bits per heavy atom. The Bertz CT molecular complexity index is 324. The van der Waals surface area contributed by atoms with Crippen molar-refractivity contribution in [2.24, 2.45) is 5.73 Å². The molecule has 0 aliphatic heterocycles. The molecule has 3 heteroatoms. The van der Waals surface area contributed by atoms with E-state index in [-0.39, 0.29) is 0 Å². The predicted molar refractivity (Wildman–Crippen MR) is 67.8 cm³/mol. The van der Waals surface area contributed by atoms with E-state index in [1.807, 2.05) is 0 Å². The molecule has 16 heavy (non-hydrogen) atoms. The summed E-state index contributed by atoms with van der Waals surface area (Å²) in [5.41, 5.74) is 8.12. The first-order valence-corrected chi connectivity index (χ1v) is 5.67. The van der Waals surface area contributed by atoms with Gasteiger partial charge in [0, 0.05) is 6.54 Å². The zero-order valence-electron chi connectivity index (χ0n) is 10.5. The van der Waals surface area contributed by atoms with Crippen molar-refractivity contribution in [3.63, 3.8) is 0 Å². The second-order valence-electron chi connectivity index (χ2n) is 4.32. The highest BCUT2D eigenvalue weighted by molar-refractivity contribution is 5.34. The Hall–Kier alpha value is -1.06. The average molecular weight is 222 g/mol. The molecule has 0 aliphatic rings. The summed E-state index contributed by atoms with van der Waals surface area (Å²) in [5, 5.41) is 0. The van der Waals surface area contributed by atoms with E-state index in [9.17, 15) is 0 Å². The van der Waals surface area contributed by atoms with Crippen LogP contribution in [-0.4, -0.2) is 32.6 Å². The lowest BCUT2D eigenvalue weighted by atomic mass is 10.1. The van der Waals surface area contributed by atoms with Gasteiger partial charge >= 0.3 is 0 Å². The van der Waals surface area contributed by atoms with Crippen LogP contribution >= 0.6 is 0 Å². The summed E-state index contributed by atoms with van der Waals surface area (Å²) in [5.74, 6) is 0.936. The van der Waals surface area contributed by atoms with Crippen LogP contribution in [-0.2, 0) is 13.0 Å². The SMILES string of the molecule is COc1cc(CCCN)cc(CN(C)C)c1. The molecular formula is C13H22N2O. The molecule has 0 saturated heterocycles. The monoisotopic (exact) mass is 222 g/mol. The van der Waals surface area contributed by atoms with Gasteiger partial charge in [-0.2, -0.15) is 0 Å². The molecule has 1 aromatic rings. The van der Waals surface area contributed by atoms with Gasteiger partial charge in [-0.15, -0.1) is 0 Å². The molecule has 3 nitrogen and oxygen atoms in total. The molecule has 0 fully saturated rings. The molecule has 2 N–H and O–H groups in total. The molecule has 0 unspecified atom stereocenters. The van der Waals surface area contributed by atoms with Crippen LogP contribution in [0.15, 0.2) is 18.2 Å². The minimum atomic E-state index is 0.736. The van der Waals surface area contributed by atoms with Gasteiger partial charge in [0.05, 0.1) is 7.11 Å². The van der Waals surface area contributed by atoms with Crippen molar-refractivity contribution in [2.45, 2.75) is 19.4 Å². The van der Waals surface area contributed by atoms with Crippen LogP contribution in [0.1, 0.15) is 17.5 Å². The van der Waals surface area contributed by atoms with Gasteiger partial charge in [-0.3, -0.25) is 0 Å². The fraction of sp³-hybridized carbons (Fsp3) is 0.538. The maximum atomic E-state index is 5.53. The summed E-state index contributed by atoms with van der Waals surface area (Å²) in [6.45, 7) is 1.67. The second-order valence-corrected chi connectivity index (χ2v) is 4.32. The molecule has 0 aromatic heterocycles. The summed E-state index contributed by atoms with van der Waals surface area (Å²) in [6.07, 6.45) is 2.04. The number of ether oxygens (including phenoxy) is 1. The number of rotatable bonds is 6. The number of aryl methyl sites for hydroxylation is 1. The standard InChI is InChI=1S/C13H22N2O/c1-15(2)10-12-7-11(5-4-6-14)8-13(9-12)16-3/h7-9H,4-6,10,14H2,1-3H3. The van der Waals surface area contributed by atoms with Crippen LogP contribution in [0, 0.1) is 0 Å². The highest BCUT2D eigenvalue weighted by Gasteiger charge is 2.02. The van der Waals surface area contributed by atoms with Crippen molar-refractivity contribution < 1.29 is 4.74 Å². The van der Waals surface area contributed by atoms with E-state index in [0.717, 1.165) is 31.7 Å². The fourth-order valence-corrected chi connectivity index (χ4v) is 1.75. The quantitative estimate of drug-likeness (QED) is 0.795. The predicted octanol–water partition coefficient (Wildman–Crippen LogP) is 1.65. The van der Waals surface area contributed by atoms with Gasteiger partial charge in [-0.05, 0) is 56.7 Å². The summed E-state index contributed by atoms with van der Waals surface area (Å²) in [6, 6.07) is 6.42. The Morgan fingerprint density at radius 3 is 2.44 bits per heavy atom. The van der Waals surface area contributed by atoms with Crippen molar-refractivity contribution in [1.82, 2.24) is 4.90 Å². The molecule has 0 radical (unpaired) electrons. The molecule has 0 spiro atoms. The van der Waals surface area contributed by atoms with Crippen molar-refractivity contribution in [3.8, 4) is 5.75 Å². The van der Waals surface area contributed by atoms with E-state index < -0.39 is 0 Å². The molecule has 0 amide bonds. The van der Waals surface area contributed by atoms with E-state index in [2.05, 4.69) is 37.2 Å². The number of benzene rings is 1. The number of methoxy groups -OCH3 is 1. The molecule has 0 bridgehead atoms. The third-order valence-electron chi connectivity index (χ3n) is 2.43. The van der Waals surface area contributed by atoms with Crippen LogP contribution in [0.2, 0.25) is 0 Å². The number of hydrogen-bond donors (Lipinski definition) is 1. The van der Waals surface area contributed by atoms with E-state index in [4.69, 9.17) is 10.5 Å². The third kappa shape index (κ3) is 4.21. The van der Waals surface area contributed by atoms with Crippen LogP contribution in [0.5, 0.6) is 5.75 Å². The van der Waals surface area contributed by atoms with Crippen molar-refractivity contribution >= 4 is 0 Å². The third-order valence-corrected chi connectivity index (χ3v) is 2.43. The Labute approximate surface area is 98.2 Å². The molecule has 1 aromatic carbocycles. The summed E-state index contributed by atoms with van der Waals surface area (Å²) in [7, 11) is 5.85. The molecule has 0 atom stereocenters. The molecule has 0 aliphatic carbocycles. The lowest BCUT2D eigenvalue weighted by Gasteiger charge is -2.13. The molecule has 0 heterocycles. The van der Waals surface area contributed by atoms with Gasteiger partial charge in [-0.25, -0.2) is 0 Å². The van der Waals surface area contributed by atoms with Crippen LogP contribution < -0.4 is 10.5 Å². The van der Waals surface area contributed by atoms with Gasteiger partial charge in [0.2, 0.25) is 0 Å². The maximum Gasteiger partial charge on any atom is 0.119 e. The molecule has 90 valence electrons. The van der Waals surface area contributed by atoms with Crippen molar-refractivity contribution in [3.05, 3.63) is 29.3 Å². The average Bonchev–Trinajstić information content (AvgIpc) is 2.25. The Morgan fingerprint density at radius 1 is 1.19 bits per heavy atom. The molecular weight excluding hydrogens is 200 g/mol. The highest BCUT2D eigenvalue weighted by atomic mass is 16.5. The molecule has 1 rings (SSSR count). The van der Waals surface area contributed by atoms with Gasteiger partial charge in [0.15, 0.2) is 0 Å². The van der Waals surface area contributed by atoms with Gasteiger partial charge in [-0.1, -0.05) is 6.07 Å². The van der Waals surface area contributed by atoms with Crippen molar-refractivity contribution in [1.29, 1.82) is 0 Å². The van der Waals surface area contributed by atoms with Crippen LogP contribution in [0.4, 0.5) is 0 Å². The summed E-state index contributed by atoms with van der Waals surface area (Å²) in [4.78, 5) is 2.15. The van der Waals surface area contributed by atoms with E-state index in [1.165, 1.54) is 11.1 Å². The number of nitrogens with zero attached hydrogens (tertiary/aromatic N) is 1. The molecule has 0 saturated carbocycles. The van der Waals surface area contributed by atoms with Crippen molar-refractivity contribution in [2.75, 3.05) is 27.7 Å². The smallest absolute Gasteiger partial charge is 0.119 e. The van der Waals surface area contributed by atoms with E-state index in [0.29, 0.717) is 0 Å². The maximum absolute atomic E-state index is 5.53. The first-order valence-electron chi connectivity index (χ1n) is 5.67. The largest absolute Gasteiger partial charge is 0.497 e. The lowest BCUT2D eigenvalue weighted by Crippen LogP contribution is -2.11. The van der Waals surface area contributed by atoms with E-state index >= 15 is 0 Å². The zero-order valence-corrected chi connectivity index (χ0v) is 10.5. The fourth-order valence-electron chi connectivity index (χ4n) is 1.75. The van der Waals surface area contributed by atoms with Crippen LogP contribution in [0.25, 0.3) is 0 Å².